The van der Waals surface area contributed by atoms with Gasteiger partial charge in [-0.3, -0.25) is 9.59 Å². The summed E-state index contributed by atoms with van der Waals surface area (Å²) in [5, 5.41) is 5.69. The molecule has 0 atom stereocenters. The smallest absolute Gasteiger partial charge is 0.258 e. The predicted molar refractivity (Wildman–Crippen MR) is 103 cm³/mol. The first-order valence-corrected chi connectivity index (χ1v) is 8.72. The van der Waals surface area contributed by atoms with Crippen LogP contribution in [0.4, 0.5) is 5.69 Å². The molecule has 0 aliphatic heterocycles. The molecule has 5 heteroatoms. The van der Waals surface area contributed by atoms with Crippen molar-refractivity contribution in [2.45, 2.75) is 34.2 Å². The first-order chi connectivity index (χ1) is 12.4. The van der Waals surface area contributed by atoms with Gasteiger partial charge in [0.05, 0.1) is 0 Å². The van der Waals surface area contributed by atoms with Crippen LogP contribution in [0.3, 0.4) is 0 Å². The number of para-hydroxylation sites is 1. The van der Waals surface area contributed by atoms with E-state index in [1.165, 1.54) is 0 Å². The minimum atomic E-state index is -0.190. The number of nitrogens with one attached hydrogen (secondary N) is 2. The fourth-order valence-electron chi connectivity index (χ4n) is 2.46. The van der Waals surface area contributed by atoms with Crippen molar-refractivity contribution in [3.8, 4) is 5.75 Å². The summed E-state index contributed by atoms with van der Waals surface area (Å²) in [4.78, 5) is 23.8. The molecular formula is C21H26N2O3. The van der Waals surface area contributed by atoms with Crippen LogP contribution in [0.2, 0.25) is 0 Å². The number of hydrogen-bond donors (Lipinski definition) is 2. The lowest BCUT2D eigenvalue weighted by atomic mass is 10.1. The van der Waals surface area contributed by atoms with Gasteiger partial charge in [-0.05, 0) is 42.7 Å². The Kier molecular flexibility index (Phi) is 6.78. The molecule has 0 heterocycles. The molecule has 2 aromatic rings. The number of amides is 2. The molecule has 0 spiro atoms. The Balaban J connectivity index is 1.86. The second-order valence-corrected chi connectivity index (χ2v) is 6.63. The van der Waals surface area contributed by atoms with Crippen molar-refractivity contribution in [3.63, 3.8) is 0 Å². The first-order valence-electron chi connectivity index (χ1n) is 8.72. The van der Waals surface area contributed by atoms with E-state index < -0.39 is 0 Å². The van der Waals surface area contributed by atoms with E-state index in [-0.39, 0.29) is 24.3 Å². The monoisotopic (exact) mass is 354 g/mol. The Hall–Kier alpha value is -2.82. The summed E-state index contributed by atoms with van der Waals surface area (Å²) in [6, 6.07) is 13.3. The van der Waals surface area contributed by atoms with Crippen LogP contribution in [0, 0.1) is 19.8 Å². The Morgan fingerprint density at radius 1 is 1.04 bits per heavy atom. The zero-order chi connectivity index (χ0) is 19.1. The Bertz CT molecular complexity index is 764. The van der Waals surface area contributed by atoms with Gasteiger partial charge in [-0.1, -0.05) is 44.2 Å². The fourth-order valence-corrected chi connectivity index (χ4v) is 2.46. The highest BCUT2D eigenvalue weighted by molar-refractivity contribution is 5.92. The molecule has 5 nitrogen and oxygen atoms in total. The highest BCUT2D eigenvalue weighted by Gasteiger charge is 2.09. The minimum absolute atomic E-state index is 0.0323. The van der Waals surface area contributed by atoms with Crippen molar-refractivity contribution in [2.24, 2.45) is 5.92 Å². The summed E-state index contributed by atoms with van der Waals surface area (Å²) < 4.78 is 5.65. The van der Waals surface area contributed by atoms with Gasteiger partial charge in [0, 0.05) is 18.2 Å². The zero-order valence-electron chi connectivity index (χ0n) is 15.8. The summed E-state index contributed by atoms with van der Waals surface area (Å²) in [5.74, 6) is 0.443. The number of rotatable bonds is 7. The maximum absolute atomic E-state index is 12.1. The number of carbonyl (C=O) groups excluding carboxylic acids is 2. The number of hydrogen-bond acceptors (Lipinski definition) is 3. The highest BCUT2D eigenvalue weighted by Crippen LogP contribution is 2.22. The molecule has 2 aromatic carbocycles. The third-order valence-corrected chi connectivity index (χ3v) is 3.96. The van der Waals surface area contributed by atoms with Crippen LogP contribution < -0.4 is 15.4 Å². The molecule has 138 valence electrons. The Morgan fingerprint density at radius 3 is 2.35 bits per heavy atom. The second kappa shape index (κ2) is 9.04. The van der Waals surface area contributed by atoms with Crippen molar-refractivity contribution in [2.75, 3.05) is 11.9 Å². The van der Waals surface area contributed by atoms with Crippen LogP contribution in [-0.2, 0) is 16.1 Å². The van der Waals surface area contributed by atoms with Gasteiger partial charge in [0.1, 0.15) is 5.75 Å². The van der Waals surface area contributed by atoms with Crippen molar-refractivity contribution in [3.05, 3.63) is 59.2 Å². The number of aryl methyl sites for hydroxylation is 2. The van der Waals surface area contributed by atoms with Crippen molar-refractivity contribution >= 4 is 17.5 Å². The Labute approximate surface area is 154 Å². The number of benzene rings is 2. The molecule has 0 saturated carbocycles. The normalized spacial score (nSPS) is 10.5. The van der Waals surface area contributed by atoms with E-state index in [4.69, 9.17) is 4.74 Å². The van der Waals surface area contributed by atoms with Crippen LogP contribution in [0.15, 0.2) is 42.5 Å². The zero-order valence-corrected chi connectivity index (χ0v) is 15.8. The van der Waals surface area contributed by atoms with E-state index >= 15 is 0 Å². The molecule has 0 aliphatic rings. The summed E-state index contributed by atoms with van der Waals surface area (Å²) >= 11 is 0. The van der Waals surface area contributed by atoms with Gasteiger partial charge in [0.15, 0.2) is 6.61 Å². The second-order valence-electron chi connectivity index (χ2n) is 6.63. The average molecular weight is 354 g/mol. The van der Waals surface area contributed by atoms with Crippen LogP contribution in [0.25, 0.3) is 0 Å². The van der Waals surface area contributed by atoms with Crippen molar-refractivity contribution < 1.29 is 14.3 Å². The lowest BCUT2D eigenvalue weighted by Crippen LogP contribution is -2.28. The summed E-state index contributed by atoms with van der Waals surface area (Å²) in [6.07, 6.45) is 0. The third-order valence-electron chi connectivity index (χ3n) is 3.96. The molecule has 0 unspecified atom stereocenters. The van der Waals surface area contributed by atoms with Gasteiger partial charge in [0.2, 0.25) is 5.91 Å². The van der Waals surface area contributed by atoms with Gasteiger partial charge < -0.3 is 15.4 Å². The molecular weight excluding hydrogens is 328 g/mol. The maximum atomic E-state index is 12.1. The van der Waals surface area contributed by atoms with Crippen LogP contribution in [0.5, 0.6) is 5.75 Å². The standard InChI is InChI=1S/C21H26N2O3/c1-14(2)21(25)23-18-10-6-9-17(11-18)12-22-19(24)13-26-20-15(3)7-5-8-16(20)4/h5-11,14H,12-13H2,1-4H3,(H,22,24)(H,23,25). The van der Waals surface area contributed by atoms with E-state index in [2.05, 4.69) is 10.6 Å². The van der Waals surface area contributed by atoms with Gasteiger partial charge in [-0.2, -0.15) is 0 Å². The van der Waals surface area contributed by atoms with E-state index in [0.29, 0.717) is 6.54 Å². The molecule has 0 saturated heterocycles. The van der Waals surface area contributed by atoms with E-state index in [0.717, 1.165) is 28.1 Å². The Morgan fingerprint density at radius 2 is 1.69 bits per heavy atom. The lowest BCUT2D eigenvalue weighted by Gasteiger charge is -2.12. The molecule has 0 bridgehead atoms. The first kappa shape index (κ1) is 19.5. The van der Waals surface area contributed by atoms with Crippen LogP contribution >= 0.6 is 0 Å². The molecule has 2 N–H and O–H groups in total. The lowest BCUT2D eigenvalue weighted by molar-refractivity contribution is -0.123. The third kappa shape index (κ3) is 5.62. The number of carbonyl (C=O) groups is 2. The highest BCUT2D eigenvalue weighted by atomic mass is 16.5. The van der Waals surface area contributed by atoms with E-state index in [1.54, 1.807) is 0 Å². The van der Waals surface area contributed by atoms with Crippen LogP contribution in [-0.4, -0.2) is 18.4 Å². The van der Waals surface area contributed by atoms with Gasteiger partial charge in [0.25, 0.3) is 5.91 Å². The number of ether oxygens (including phenoxy) is 1. The molecule has 0 aliphatic carbocycles. The van der Waals surface area contributed by atoms with Crippen molar-refractivity contribution in [1.82, 2.24) is 5.32 Å². The van der Waals surface area contributed by atoms with Gasteiger partial charge in [-0.25, -0.2) is 0 Å². The maximum Gasteiger partial charge on any atom is 0.258 e. The summed E-state index contributed by atoms with van der Waals surface area (Å²) in [5.41, 5.74) is 3.65. The number of anilines is 1. The van der Waals surface area contributed by atoms with Gasteiger partial charge >= 0.3 is 0 Å². The molecule has 0 fully saturated rings. The molecule has 2 amide bonds. The predicted octanol–water partition coefficient (Wildman–Crippen LogP) is 3.59. The largest absolute Gasteiger partial charge is 0.483 e. The summed E-state index contributed by atoms with van der Waals surface area (Å²) in [6.45, 7) is 7.94. The fraction of sp³-hybridized carbons (Fsp3) is 0.333. The molecule has 0 radical (unpaired) electrons. The van der Waals surface area contributed by atoms with E-state index in [1.807, 2.05) is 70.2 Å². The topological polar surface area (TPSA) is 67.4 Å². The average Bonchev–Trinajstić information content (AvgIpc) is 2.59. The molecule has 0 aromatic heterocycles. The minimum Gasteiger partial charge on any atom is -0.483 e. The van der Waals surface area contributed by atoms with Crippen LogP contribution in [0.1, 0.15) is 30.5 Å². The quantitative estimate of drug-likeness (QED) is 0.798. The van der Waals surface area contributed by atoms with E-state index in [9.17, 15) is 9.59 Å². The van der Waals surface area contributed by atoms with Gasteiger partial charge in [-0.15, -0.1) is 0 Å². The molecule has 2 rings (SSSR count). The molecule has 26 heavy (non-hydrogen) atoms. The summed E-state index contributed by atoms with van der Waals surface area (Å²) in [7, 11) is 0. The van der Waals surface area contributed by atoms with Crippen molar-refractivity contribution in [1.29, 1.82) is 0 Å². The SMILES string of the molecule is Cc1cccc(C)c1OCC(=O)NCc1cccc(NC(=O)C(C)C)c1.